The molecule has 1 aromatic carbocycles. The van der Waals surface area contributed by atoms with Gasteiger partial charge in [0.05, 0.1) is 18.8 Å². The van der Waals surface area contributed by atoms with Gasteiger partial charge in [-0.05, 0) is 19.1 Å². The summed E-state index contributed by atoms with van der Waals surface area (Å²) in [5.74, 6) is -0.305. The zero-order valence-corrected chi connectivity index (χ0v) is 13.8. The predicted octanol–water partition coefficient (Wildman–Crippen LogP) is 3.20. The summed E-state index contributed by atoms with van der Waals surface area (Å²) < 4.78 is 16.5. The Morgan fingerprint density at radius 3 is 2.77 bits per heavy atom. The third-order valence-corrected chi connectivity index (χ3v) is 4.92. The van der Waals surface area contributed by atoms with Gasteiger partial charge < -0.3 is 14.2 Å². The second-order valence-corrected chi connectivity index (χ2v) is 6.64. The Kier molecular flexibility index (Phi) is 6.49. The minimum Gasteiger partial charge on any atom is -0.455 e. The zero-order chi connectivity index (χ0) is 15.9. The summed E-state index contributed by atoms with van der Waals surface area (Å²) in [5.41, 5.74) is 1.53. The van der Waals surface area contributed by atoms with Crippen LogP contribution in [0.1, 0.15) is 22.3 Å². The highest BCUT2D eigenvalue weighted by atomic mass is 32.2. The molecule has 3 atom stereocenters. The van der Waals surface area contributed by atoms with Crippen molar-refractivity contribution in [1.29, 1.82) is 0 Å². The summed E-state index contributed by atoms with van der Waals surface area (Å²) in [6, 6.07) is 7.37. The van der Waals surface area contributed by atoms with Gasteiger partial charge in [0.25, 0.3) is 0 Å². The Labute approximate surface area is 135 Å². The van der Waals surface area contributed by atoms with Gasteiger partial charge in [0.15, 0.2) is 0 Å². The Morgan fingerprint density at radius 1 is 1.41 bits per heavy atom. The highest BCUT2D eigenvalue weighted by Gasteiger charge is 2.38. The van der Waals surface area contributed by atoms with Crippen LogP contribution in [0.15, 0.2) is 36.9 Å². The molecule has 5 heteroatoms. The van der Waals surface area contributed by atoms with E-state index in [1.807, 2.05) is 19.1 Å². The van der Waals surface area contributed by atoms with E-state index in [1.165, 1.54) is 0 Å². The molecule has 1 aliphatic heterocycles. The van der Waals surface area contributed by atoms with Gasteiger partial charge in [-0.1, -0.05) is 23.8 Å². The van der Waals surface area contributed by atoms with Gasteiger partial charge in [0, 0.05) is 18.8 Å². The van der Waals surface area contributed by atoms with Crippen LogP contribution in [0, 0.1) is 6.92 Å². The Hall–Kier alpha value is -1.30. The van der Waals surface area contributed by atoms with Crippen molar-refractivity contribution >= 4 is 17.7 Å². The molecule has 2 unspecified atom stereocenters. The van der Waals surface area contributed by atoms with Crippen LogP contribution in [0.25, 0.3) is 0 Å². The average Bonchev–Trinajstić information content (AvgIpc) is 2.90. The van der Waals surface area contributed by atoms with Crippen LogP contribution < -0.4 is 0 Å². The monoisotopic (exact) mass is 322 g/mol. The summed E-state index contributed by atoms with van der Waals surface area (Å²) in [6.45, 7) is 6.74. The van der Waals surface area contributed by atoms with Crippen molar-refractivity contribution < 1.29 is 19.0 Å². The molecule has 4 nitrogen and oxygen atoms in total. The number of ether oxygens (including phenoxy) is 3. The van der Waals surface area contributed by atoms with Crippen molar-refractivity contribution in [2.24, 2.45) is 0 Å². The lowest BCUT2D eigenvalue weighted by molar-refractivity contribution is -0.00326. The standard InChI is InChI=1S/C17H22O4S/c1-4-9-20-11-14-10-15(17(19-3)22-14)21-16(18)13-7-5-12(2)6-8-13/h4-8,14-15,17H,1,9-11H2,2-3H3/t14-,15?,17?/m0/s1. The van der Waals surface area contributed by atoms with Crippen molar-refractivity contribution in [2.45, 2.75) is 30.1 Å². The lowest BCUT2D eigenvalue weighted by Gasteiger charge is -2.17. The minimum atomic E-state index is -0.305. The molecule has 0 radical (unpaired) electrons. The van der Waals surface area contributed by atoms with E-state index in [-0.39, 0.29) is 22.8 Å². The maximum atomic E-state index is 12.2. The molecular formula is C17H22O4S. The van der Waals surface area contributed by atoms with E-state index in [4.69, 9.17) is 14.2 Å². The van der Waals surface area contributed by atoms with Crippen LogP contribution in [0.3, 0.4) is 0 Å². The van der Waals surface area contributed by atoms with Gasteiger partial charge in [-0.2, -0.15) is 0 Å². The van der Waals surface area contributed by atoms with Crippen LogP contribution in [-0.4, -0.2) is 43.1 Å². The molecule has 0 spiro atoms. The highest BCUT2D eigenvalue weighted by Crippen LogP contribution is 2.36. The number of hydrogen-bond acceptors (Lipinski definition) is 5. The number of carbonyl (C=O) groups excluding carboxylic acids is 1. The molecule has 1 heterocycles. The molecule has 1 aliphatic rings. The summed E-state index contributed by atoms with van der Waals surface area (Å²) in [5, 5.41) is 0.265. The van der Waals surface area contributed by atoms with Gasteiger partial charge in [0.1, 0.15) is 11.5 Å². The fourth-order valence-electron chi connectivity index (χ4n) is 2.30. The van der Waals surface area contributed by atoms with Crippen LogP contribution >= 0.6 is 11.8 Å². The summed E-state index contributed by atoms with van der Waals surface area (Å²) in [4.78, 5) is 12.2. The van der Waals surface area contributed by atoms with E-state index in [0.717, 1.165) is 12.0 Å². The molecule has 120 valence electrons. The van der Waals surface area contributed by atoms with Gasteiger partial charge >= 0.3 is 5.97 Å². The smallest absolute Gasteiger partial charge is 0.338 e. The van der Waals surface area contributed by atoms with Gasteiger partial charge in [-0.3, -0.25) is 0 Å². The highest BCUT2D eigenvalue weighted by molar-refractivity contribution is 8.00. The molecule has 2 rings (SSSR count). The first-order chi connectivity index (χ1) is 10.6. The summed E-state index contributed by atoms with van der Waals surface area (Å²) in [6.07, 6.45) is 2.21. The van der Waals surface area contributed by atoms with E-state index in [1.54, 1.807) is 37.1 Å². The van der Waals surface area contributed by atoms with Crippen LogP contribution in [0.5, 0.6) is 0 Å². The first-order valence-electron chi connectivity index (χ1n) is 7.28. The van der Waals surface area contributed by atoms with E-state index in [0.29, 0.717) is 18.8 Å². The fourth-order valence-corrected chi connectivity index (χ4v) is 3.61. The molecule has 1 fully saturated rings. The molecule has 0 saturated carbocycles. The van der Waals surface area contributed by atoms with Crippen molar-refractivity contribution in [3.8, 4) is 0 Å². The number of aryl methyl sites for hydroxylation is 1. The van der Waals surface area contributed by atoms with Crippen LogP contribution in [0.2, 0.25) is 0 Å². The second-order valence-electron chi connectivity index (χ2n) is 5.23. The lowest BCUT2D eigenvalue weighted by Crippen LogP contribution is -2.26. The third kappa shape index (κ3) is 4.60. The number of hydrogen-bond donors (Lipinski definition) is 0. The maximum Gasteiger partial charge on any atom is 0.338 e. The Bertz CT molecular complexity index is 500. The number of rotatable bonds is 7. The van der Waals surface area contributed by atoms with Gasteiger partial charge in [-0.25, -0.2) is 4.79 Å². The molecule has 1 saturated heterocycles. The van der Waals surface area contributed by atoms with E-state index >= 15 is 0 Å². The molecule has 1 aromatic rings. The van der Waals surface area contributed by atoms with Crippen molar-refractivity contribution in [3.05, 3.63) is 48.0 Å². The van der Waals surface area contributed by atoms with E-state index in [9.17, 15) is 4.79 Å². The molecule has 0 aliphatic carbocycles. The van der Waals surface area contributed by atoms with Crippen molar-refractivity contribution in [3.63, 3.8) is 0 Å². The number of thioether (sulfide) groups is 1. The quantitative estimate of drug-likeness (QED) is 0.438. The van der Waals surface area contributed by atoms with Crippen LogP contribution in [0.4, 0.5) is 0 Å². The van der Waals surface area contributed by atoms with Crippen molar-refractivity contribution in [2.75, 3.05) is 20.3 Å². The summed E-state index contributed by atoms with van der Waals surface area (Å²) >= 11 is 1.65. The third-order valence-electron chi connectivity index (χ3n) is 3.44. The Balaban J connectivity index is 1.91. The molecule has 0 aromatic heterocycles. The topological polar surface area (TPSA) is 44.8 Å². The molecule has 0 N–H and O–H groups in total. The lowest BCUT2D eigenvalue weighted by atomic mass is 10.1. The minimum absolute atomic E-state index is 0.147. The Morgan fingerprint density at radius 2 is 2.14 bits per heavy atom. The zero-order valence-electron chi connectivity index (χ0n) is 13.0. The van der Waals surface area contributed by atoms with E-state index < -0.39 is 0 Å². The van der Waals surface area contributed by atoms with E-state index in [2.05, 4.69) is 6.58 Å². The number of methoxy groups -OCH3 is 1. The molecule has 0 bridgehead atoms. The molecule has 22 heavy (non-hydrogen) atoms. The SMILES string of the molecule is C=CCOC[C@@H]1CC(OC(=O)c2ccc(C)cc2)C(OC)S1. The predicted molar refractivity (Wildman–Crippen MR) is 88.2 cm³/mol. The number of esters is 1. The fraction of sp³-hybridized carbons (Fsp3) is 0.471. The number of carbonyl (C=O) groups is 1. The first kappa shape index (κ1) is 17.1. The van der Waals surface area contributed by atoms with Gasteiger partial charge in [0.2, 0.25) is 0 Å². The van der Waals surface area contributed by atoms with Gasteiger partial charge in [-0.15, -0.1) is 18.3 Å². The van der Waals surface area contributed by atoms with Crippen LogP contribution in [-0.2, 0) is 14.2 Å². The number of benzene rings is 1. The summed E-state index contributed by atoms with van der Waals surface area (Å²) in [7, 11) is 1.64. The molecule has 0 amide bonds. The first-order valence-corrected chi connectivity index (χ1v) is 8.23. The largest absolute Gasteiger partial charge is 0.455 e. The normalized spacial score (nSPS) is 24.2. The second kappa shape index (κ2) is 8.36. The molecular weight excluding hydrogens is 300 g/mol. The maximum absolute atomic E-state index is 12.2. The van der Waals surface area contributed by atoms with Crippen molar-refractivity contribution in [1.82, 2.24) is 0 Å². The average molecular weight is 322 g/mol.